The van der Waals surface area contributed by atoms with Crippen molar-refractivity contribution in [2.75, 3.05) is 26.2 Å². The third-order valence-corrected chi connectivity index (χ3v) is 4.67. The molecule has 0 aromatic heterocycles. The number of piperazine rings is 1. The summed E-state index contributed by atoms with van der Waals surface area (Å²) in [6, 6.07) is 9.02. The number of esters is 1. The van der Waals surface area contributed by atoms with Crippen molar-refractivity contribution < 1.29 is 19.1 Å². The van der Waals surface area contributed by atoms with Gasteiger partial charge in [-0.15, -0.1) is 0 Å². The summed E-state index contributed by atoms with van der Waals surface area (Å²) < 4.78 is 5.20. The van der Waals surface area contributed by atoms with Crippen molar-refractivity contribution in [3.63, 3.8) is 0 Å². The Hall–Kier alpha value is -2.41. The molecule has 2 N–H and O–H groups in total. The maximum atomic E-state index is 12.6. The van der Waals surface area contributed by atoms with Crippen molar-refractivity contribution in [2.45, 2.75) is 45.7 Å². The predicted molar refractivity (Wildman–Crippen MR) is 106 cm³/mol. The lowest BCUT2D eigenvalue weighted by Crippen LogP contribution is -2.58. The molecule has 2 unspecified atom stereocenters. The average Bonchev–Trinajstić information content (AvgIpc) is 2.68. The first-order chi connectivity index (χ1) is 13.4. The van der Waals surface area contributed by atoms with Crippen molar-refractivity contribution in [3.8, 4) is 0 Å². The van der Waals surface area contributed by atoms with Crippen LogP contribution in [-0.4, -0.2) is 55.0 Å². The lowest BCUT2D eigenvalue weighted by Gasteiger charge is -2.34. The van der Waals surface area contributed by atoms with Gasteiger partial charge in [-0.3, -0.25) is 19.3 Å². The number of rotatable bonds is 9. The molecule has 2 amide bonds. The van der Waals surface area contributed by atoms with Gasteiger partial charge < -0.3 is 15.4 Å². The second-order valence-corrected chi connectivity index (χ2v) is 7.50. The molecule has 0 saturated carbocycles. The second kappa shape index (κ2) is 10.8. The number of nitrogens with zero attached hydrogens (tertiary/aromatic N) is 1. The molecular weight excluding hydrogens is 358 g/mol. The fourth-order valence-electron chi connectivity index (χ4n) is 3.18. The first kappa shape index (κ1) is 21.9. The summed E-state index contributed by atoms with van der Waals surface area (Å²) in [7, 11) is 0. The molecule has 0 spiro atoms. The Morgan fingerprint density at radius 1 is 1.29 bits per heavy atom. The van der Waals surface area contributed by atoms with Crippen LogP contribution in [0.1, 0.15) is 45.2 Å². The number of carbonyl (C=O) groups excluding carboxylic acids is 3. The maximum Gasteiger partial charge on any atom is 0.307 e. The van der Waals surface area contributed by atoms with Gasteiger partial charge in [0, 0.05) is 13.1 Å². The lowest BCUT2D eigenvalue weighted by molar-refractivity contribution is -0.150. The Morgan fingerprint density at radius 2 is 2.00 bits per heavy atom. The van der Waals surface area contributed by atoms with Crippen LogP contribution in [0.25, 0.3) is 0 Å². The summed E-state index contributed by atoms with van der Waals surface area (Å²) in [6.45, 7) is 7.28. The van der Waals surface area contributed by atoms with Crippen LogP contribution in [-0.2, 0) is 19.1 Å². The first-order valence-corrected chi connectivity index (χ1v) is 9.92. The highest BCUT2D eigenvalue weighted by molar-refractivity contribution is 5.88. The summed E-state index contributed by atoms with van der Waals surface area (Å²) in [5, 5.41) is 5.79. The summed E-state index contributed by atoms with van der Waals surface area (Å²) in [5.41, 5.74) is 1.04. The van der Waals surface area contributed by atoms with Crippen LogP contribution in [0.2, 0.25) is 0 Å². The molecule has 1 aliphatic heterocycles. The van der Waals surface area contributed by atoms with Crippen molar-refractivity contribution in [1.82, 2.24) is 15.5 Å². The smallest absolute Gasteiger partial charge is 0.307 e. The van der Waals surface area contributed by atoms with E-state index < -0.39 is 12.0 Å². The minimum atomic E-state index is -0.684. The van der Waals surface area contributed by atoms with E-state index in [4.69, 9.17) is 4.74 Å². The molecule has 1 heterocycles. The minimum absolute atomic E-state index is 0.0538. The number of nitrogens with one attached hydrogen (secondary N) is 2. The van der Waals surface area contributed by atoms with E-state index in [-0.39, 0.29) is 36.7 Å². The topological polar surface area (TPSA) is 87.7 Å². The molecule has 7 heteroatoms. The summed E-state index contributed by atoms with van der Waals surface area (Å²) >= 11 is 0. The van der Waals surface area contributed by atoms with E-state index in [0.717, 1.165) is 12.0 Å². The van der Waals surface area contributed by atoms with E-state index in [1.165, 1.54) is 0 Å². The van der Waals surface area contributed by atoms with Crippen LogP contribution >= 0.6 is 0 Å². The molecule has 1 aromatic carbocycles. The van der Waals surface area contributed by atoms with Gasteiger partial charge in [0.2, 0.25) is 11.8 Å². The van der Waals surface area contributed by atoms with Crippen molar-refractivity contribution >= 4 is 17.8 Å². The number of amides is 2. The van der Waals surface area contributed by atoms with Crippen molar-refractivity contribution in [3.05, 3.63) is 35.9 Å². The van der Waals surface area contributed by atoms with Gasteiger partial charge in [0.15, 0.2) is 0 Å². The molecule has 1 aromatic rings. The fourth-order valence-corrected chi connectivity index (χ4v) is 3.18. The molecule has 0 radical (unpaired) electrons. The number of ether oxygens (including phenoxy) is 1. The van der Waals surface area contributed by atoms with E-state index in [1.807, 2.05) is 51.1 Å². The summed E-state index contributed by atoms with van der Waals surface area (Å²) in [6.07, 6.45) is 0.711. The standard InChI is InChI=1S/C21H31N3O4/c1-4-17(16-8-6-5-7-9-16)23-19(25)13-24-11-10-22-21(27)18(24)12-20(26)28-14-15(2)3/h5-9,15,17-18H,4,10-14H2,1-3H3,(H,22,27)(H,23,25). The van der Waals surface area contributed by atoms with Gasteiger partial charge in [0.25, 0.3) is 0 Å². The van der Waals surface area contributed by atoms with Crippen LogP contribution in [0.3, 0.4) is 0 Å². The lowest BCUT2D eigenvalue weighted by atomic mass is 10.0. The SMILES string of the molecule is CCC(NC(=O)CN1CCNC(=O)C1CC(=O)OCC(C)C)c1ccccc1. The molecule has 2 atom stereocenters. The third kappa shape index (κ3) is 6.64. The molecule has 28 heavy (non-hydrogen) atoms. The molecule has 1 fully saturated rings. The average molecular weight is 389 g/mol. The Morgan fingerprint density at radius 3 is 2.64 bits per heavy atom. The molecule has 0 aliphatic carbocycles. The highest BCUT2D eigenvalue weighted by Crippen LogP contribution is 2.16. The van der Waals surface area contributed by atoms with E-state index in [2.05, 4.69) is 10.6 Å². The van der Waals surface area contributed by atoms with Crippen LogP contribution in [0.5, 0.6) is 0 Å². The van der Waals surface area contributed by atoms with Crippen LogP contribution in [0.4, 0.5) is 0 Å². The first-order valence-electron chi connectivity index (χ1n) is 9.92. The molecule has 1 saturated heterocycles. The van der Waals surface area contributed by atoms with Crippen LogP contribution < -0.4 is 10.6 Å². The zero-order valence-corrected chi connectivity index (χ0v) is 16.9. The van der Waals surface area contributed by atoms with Crippen LogP contribution in [0, 0.1) is 5.92 Å². The summed E-state index contributed by atoms with van der Waals surface area (Å²) in [5.74, 6) is -0.589. The highest BCUT2D eigenvalue weighted by atomic mass is 16.5. The molecule has 7 nitrogen and oxygen atoms in total. The maximum absolute atomic E-state index is 12.6. The molecule has 0 bridgehead atoms. The summed E-state index contributed by atoms with van der Waals surface area (Å²) in [4.78, 5) is 38.7. The third-order valence-electron chi connectivity index (χ3n) is 4.67. The van der Waals surface area contributed by atoms with Crippen LogP contribution in [0.15, 0.2) is 30.3 Å². The predicted octanol–water partition coefficient (Wildman–Crippen LogP) is 1.64. The van der Waals surface area contributed by atoms with Gasteiger partial charge in [-0.25, -0.2) is 0 Å². The van der Waals surface area contributed by atoms with Gasteiger partial charge in [0.1, 0.15) is 6.04 Å². The van der Waals surface area contributed by atoms with Gasteiger partial charge in [-0.05, 0) is 17.9 Å². The number of hydrogen-bond donors (Lipinski definition) is 2. The van der Waals surface area contributed by atoms with E-state index >= 15 is 0 Å². The van der Waals surface area contributed by atoms with Gasteiger partial charge in [-0.2, -0.15) is 0 Å². The minimum Gasteiger partial charge on any atom is -0.465 e. The second-order valence-electron chi connectivity index (χ2n) is 7.50. The highest BCUT2D eigenvalue weighted by Gasteiger charge is 2.33. The van der Waals surface area contributed by atoms with Gasteiger partial charge in [-0.1, -0.05) is 51.1 Å². The number of hydrogen-bond acceptors (Lipinski definition) is 5. The molecular formula is C21H31N3O4. The van der Waals surface area contributed by atoms with Crippen molar-refractivity contribution in [1.29, 1.82) is 0 Å². The number of carbonyl (C=O) groups is 3. The molecule has 154 valence electrons. The zero-order chi connectivity index (χ0) is 20.5. The molecule has 2 rings (SSSR count). The fraction of sp³-hybridized carbons (Fsp3) is 0.571. The quantitative estimate of drug-likeness (QED) is 0.627. The Balaban J connectivity index is 1.95. The van der Waals surface area contributed by atoms with E-state index in [9.17, 15) is 14.4 Å². The van der Waals surface area contributed by atoms with Gasteiger partial charge >= 0.3 is 5.97 Å². The van der Waals surface area contributed by atoms with Crippen molar-refractivity contribution in [2.24, 2.45) is 5.92 Å². The number of benzene rings is 1. The molecule has 1 aliphatic rings. The monoisotopic (exact) mass is 389 g/mol. The normalized spacial score (nSPS) is 18.4. The zero-order valence-electron chi connectivity index (χ0n) is 16.9. The van der Waals surface area contributed by atoms with Gasteiger partial charge in [0.05, 0.1) is 25.6 Å². The van der Waals surface area contributed by atoms with E-state index in [1.54, 1.807) is 4.90 Å². The Kier molecular flexibility index (Phi) is 8.44. The largest absolute Gasteiger partial charge is 0.465 e. The Bertz CT molecular complexity index is 663. The Labute approximate surface area is 166 Å². The van der Waals surface area contributed by atoms with E-state index in [0.29, 0.717) is 19.7 Å².